The standard InChI is InChI=1S/C14H18O3/c1-3-4-11-17-13-8-6-5-7-12(13)9-10-14(15)16-2/h5-10H,3-4,11H2,1-2H3. The zero-order valence-corrected chi connectivity index (χ0v) is 10.3. The molecule has 1 aromatic rings. The third-order valence-corrected chi connectivity index (χ3v) is 2.27. The van der Waals surface area contributed by atoms with Gasteiger partial charge in [0.15, 0.2) is 0 Å². The van der Waals surface area contributed by atoms with Crippen LogP contribution in [0, 0.1) is 0 Å². The lowest BCUT2D eigenvalue weighted by atomic mass is 10.2. The maximum atomic E-state index is 11.0. The molecule has 0 amide bonds. The second-order valence-electron chi connectivity index (χ2n) is 3.60. The van der Waals surface area contributed by atoms with Crippen molar-refractivity contribution < 1.29 is 14.3 Å². The topological polar surface area (TPSA) is 35.5 Å². The first-order valence-electron chi connectivity index (χ1n) is 5.75. The number of carbonyl (C=O) groups excluding carboxylic acids is 1. The lowest BCUT2D eigenvalue weighted by Crippen LogP contribution is -1.98. The number of benzene rings is 1. The van der Waals surface area contributed by atoms with E-state index in [0.717, 1.165) is 24.2 Å². The van der Waals surface area contributed by atoms with Gasteiger partial charge >= 0.3 is 5.97 Å². The van der Waals surface area contributed by atoms with Gasteiger partial charge in [0.2, 0.25) is 0 Å². The number of ether oxygens (including phenoxy) is 2. The van der Waals surface area contributed by atoms with E-state index in [0.29, 0.717) is 6.61 Å². The second kappa shape index (κ2) is 7.49. The Hall–Kier alpha value is -1.77. The molecule has 1 rings (SSSR count). The molecule has 17 heavy (non-hydrogen) atoms. The van der Waals surface area contributed by atoms with Crippen LogP contribution in [0.5, 0.6) is 5.75 Å². The molecule has 0 aliphatic rings. The highest BCUT2D eigenvalue weighted by Crippen LogP contribution is 2.19. The summed E-state index contributed by atoms with van der Waals surface area (Å²) in [6.07, 6.45) is 5.21. The number of rotatable bonds is 6. The van der Waals surface area contributed by atoms with Gasteiger partial charge in [-0.2, -0.15) is 0 Å². The number of carbonyl (C=O) groups is 1. The smallest absolute Gasteiger partial charge is 0.330 e. The van der Waals surface area contributed by atoms with Crippen LogP contribution in [0.25, 0.3) is 6.08 Å². The zero-order chi connectivity index (χ0) is 12.5. The van der Waals surface area contributed by atoms with Crippen LogP contribution in [0.2, 0.25) is 0 Å². The van der Waals surface area contributed by atoms with Crippen LogP contribution < -0.4 is 4.74 Å². The van der Waals surface area contributed by atoms with Crippen molar-refractivity contribution in [3.63, 3.8) is 0 Å². The molecule has 0 spiro atoms. The van der Waals surface area contributed by atoms with Crippen LogP contribution in [0.3, 0.4) is 0 Å². The monoisotopic (exact) mass is 234 g/mol. The molecule has 0 aliphatic carbocycles. The fourth-order valence-corrected chi connectivity index (χ4v) is 1.30. The van der Waals surface area contributed by atoms with Gasteiger partial charge in [-0.3, -0.25) is 0 Å². The highest BCUT2D eigenvalue weighted by molar-refractivity contribution is 5.87. The minimum atomic E-state index is -0.367. The van der Waals surface area contributed by atoms with Gasteiger partial charge in [-0.05, 0) is 18.6 Å². The van der Waals surface area contributed by atoms with Gasteiger partial charge in [0, 0.05) is 11.6 Å². The van der Waals surface area contributed by atoms with Crippen molar-refractivity contribution in [3.05, 3.63) is 35.9 Å². The Morgan fingerprint density at radius 2 is 2.12 bits per heavy atom. The van der Waals surface area contributed by atoms with E-state index in [9.17, 15) is 4.79 Å². The summed E-state index contributed by atoms with van der Waals surface area (Å²) in [7, 11) is 1.36. The quantitative estimate of drug-likeness (QED) is 0.431. The summed E-state index contributed by atoms with van der Waals surface area (Å²) >= 11 is 0. The molecule has 0 N–H and O–H groups in total. The Bertz CT molecular complexity index is 383. The predicted molar refractivity (Wildman–Crippen MR) is 67.9 cm³/mol. The molecule has 0 aliphatic heterocycles. The lowest BCUT2D eigenvalue weighted by molar-refractivity contribution is -0.134. The van der Waals surface area contributed by atoms with Gasteiger partial charge in [-0.1, -0.05) is 31.5 Å². The molecule has 0 saturated heterocycles. The second-order valence-corrected chi connectivity index (χ2v) is 3.60. The Labute approximate surface area is 102 Å². The first-order valence-corrected chi connectivity index (χ1v) is 5.75. The van der Waals surface area contributed by atoms with E-state index in [2.05, 4.69) is 11.7 Å². The first-order chi connectivity index (χ1) is 8.27. The number of methoxy groups -OCH3 is 1. The number of esters is 1. The van der Waals surface area contributed by atoms with E-state index in [1.165, 1.54) is 13.2 Å². The van der Waals surface area contributed by atoms with Crippen LogP contribution >= 0.6 is 0 Å². The summed E-state index contributed by atoms with van der Waals surface area (Å²) in [6, 6.07) is 7.62. The molecule has 0 radical (unpaired) electrons. The highest BCUT2D eigenvalue weighted by Gasteiger charge is 2.00. The molecule has 0 atom stereocenters. The van der Waals surface area contributed by atoms with Crippen molar-refractivity contribution in [1.82, 2.24) is 0 Å². The summed E-state index contributed by atoms with van der Waals surface area (Å²) in [5.74, 6) is 0.425. The molecule has 0 heterocycles. The largest absolute Gasteiger partial charge is 0.493 e. The van der Waals surface area contributed by atoms with Crippen LogP contribution in [0.4, 0.5) is 0 Å². The predicted octanol–water partition coefficient (Wildman–Crippen LogP) is 3.05. The number of hydrogen-bond donors (Lipinski definition) is 0. The van der Waals surface area contributed by atoms with E-state index in [-0.39, 0.29) is 5.97 Å². The van der Waals surface area contributed by atoms with E-state index >= 15 is 0 Å². The van der Waals surface area contributed by atoms with Gasteiger partial charge in [0.05, 0.1) is 13.7 Å². The van der Waals surface area contributed by atoms with E-state index < -0.39 is 0 Å². The molecular formula is C14H18O3. The molecule has 1 aromatic carbocycles. The molecule has 92 valence electrons. The molecule has 3 nitrogen and oxygen atoms in total. The summed E-state index contributed by atoms with van der Waals surface area (Å²) in [6.45, 7) is 2.81. The van der Waals surface area contributed by atoms with Crippen LogP contribution in [-0.2, 0) is 9.53 Å². The first kappa shape index (κ1) is 13.3. The summed E-state index contributed by atoms with van der Waals surface area (Å²) < 4.78 is 10.2. The summed E-state index contributed by atoms with van der Waals surface area (Å²) in [4.78, 5) is 11.0. The molecule has 3 heteroatoms. The Balaban J connectivity index is 2.70. The fraction of sp³-hybridized carbons (Fsp3) is 0.357. The minimum Gasteiger partial charge on any atom is -0.493 e. The van der Waals surface area contributed by atoms with Gasteiger partial charge < -0.3 is 9.47 Å². The number of para-hydroxylation sites is 1. The van der Waals surface area contributed by atoms with Crippen molar-refractivity contribution in [2.24, 2.45) is 0 Å². The van der Waals surface area contributed by atoms with Gasteiger partial charge in [-0.25, -0.2) is 4.79 Å². The zero-order valence-electron chi connectivity index (χ0n) is 10.3. The maximum Gasteiger partial charge on any atom is 0.330 e. The van der Waals surface area contributed by atoms with Gasteiger partial charge in [-0.15, -0.1) is 0 Å². The summed E-state index contributed by atoms with van der Waals surface area (Å²) in [5, 5.41) is 0. The molecule has 0 aromatic heterocycles. The third kappa shape index (κ3) is 4.72. The molecule has 0 fully saturated rings. The number of unbranched alkanes of at least 4 members (excludes halogenated alkanes) is 1. The number of hydrogen-bond acceptors (Lipinski definition) is 3. The van der Waals surface area contributed by atoms with Crippen LogP contribution in [-0.4, -0.2) is 19.7 Å². The Kier molecular flexibility index (Phi) is 5.86. The molecule has 0 saturated carbocycles. The Morgan fingerprint density at radius 3 is 2.82 bits per heavy atom. The van der Waals surface area contributed by atoms with Crippen molar-refractivity contribution in [3.8, 4) is 5.75 Å². The van der Waals surface area contributed by atoms with Crippen LogP contribution in [0.15, 0.2) is 30.3 Å². The van der Waals surface area contributed by atoms with Crippen molar-refractivity contribution in [2.45, 2.75) is 19.8 Å². The molecular weight excluding hydrogens is 216 g/mol. The normalized spacial score (nSPS) is 10.5. The van der Waals surface area contributed by atoms with E-state index in [1.807, 2.05) is 24.3 Å². The summed E-state index contributed by atoms with van der Waals surface area (Å²) in [5.41, 5.74) is 0.883. The molecule has 0 unspecified atom stereocenters. The average molecular weight is 234 g/mol. The fourth-order valence-electron chi connectivity index (χ4n) is 1.30. The van der Waals surface area contributed by atoms with Crippen molar-refractivity contribution >= 4 is 12.0 Å². The van der Waals surface area contributed by atoms with Gasteiger partial charge in [0.25, 0.3) is 0 Å². The van der Waals surface area contributed by atoms with Crippen molar-refractivity contribution in [1.29, 1.82) is 0 Å². The van der Waals surface area contributed by atoms with Crippen molar-refractivity contribution in [2.75, 3.05) is 13.7 Å². The van der Waals surface area contributed by atoms with Crippen LogP contribution in [0.1, 0.15) is 25.3 Å². The maximum absolute atomic E-state index is 11.0. The average Bonchev–Trinajstić information content (AvgIpc) is 2.37. The minimum absolute atomic E-state index is 0.367. The van der Waals surface area contributed by atoms with Gasteiger partial charge in [0.1, 0.15) is 5.75 Å². The highest BCUT2D eigenvalue weighted by atomic mass is 16.5. The molecule has 0 bridgehead atoms. The van der Waals surface area contributed by atoms with E-state index in [4.69, 9.17) is 4.74 Å². The third-order valence-electron chi connectivity index (χ3n) is 2.27. The SMILES string of the molecule is CCCCOc1ccccc1C=CC(=O)OC. The van der Waals surface area contributed by atoms with E-state index in [1.54, 1.807) is 6.08 Å². The Morgan fingerprint density at radius 1 is 1.35 bits per heavy atom. The lowest BCUT2D eigenvalue weighted by Gasteiger charge is -2.08.